The van der Waals surface area contributed by atoms with E-state index in [0.717, 1.165) is 62.5 Å². The summed E-state index contributed by atoms with van der Waals surface area (Å²) in [6.45, 7) is 4.61. The van der Waals surface area contributed by atoms with E-state index in [1.165, 1.54) is 29.0 Å². The van der Waals surface area contributed by atoms with E-state index in [1.54, 1.807) is 6.20 Å². The van der Waals surface area contributed by atoms with E-state index in [4.69, 9.17) is 4.99 Å². The van der Waals surface area contributed by atoms with Gasteiger partial charge in [0.25, 0.3) is 0 Å². The zero-order valence-corrected chi connectivity index (χ0v) is 18.1. The van der Waals surface area contributed by atoms with Crippen LogP contribution in [0.2, 0.25) is 0 Å². The number of aromatic nitrogens is 1. The van der Waals surface area contributed by atoms with Crippen molar-refractivity contribution in [1.29, 1.82) is 0 Å². The van der Waals surface area contributed by atoms with Crippen LogP contribution < -0.4 is 9.80 Å². The SMILES string of the molecule is Fc1ccc(N2CCN(c3cccc(/C=C4\CCCN=C4c4cccnc4)c3)CC2)cc1. The first-order valence-electron chi connectivity index (χ1n) is 11.3. The van der Waals surface area contributed by atoms with Gasteiger partial charge in [-0.05, 0) is 78.6 Å². The largest absolute Gasteiger partial charge is 0.368 e. The molecule has 3 heterocycles. The molecule has 0 N–H and O–H groups in total. The number of pyridine rings is 1. The number of hydrogen-bond donors (Lipinski definition) is 0. The van der Waals surface area contributed by atoms with E-state index in [9.17, 15) is 4.39 Å². The topological polar surface area (TPSA) is 31.7 Å². The third kappa shape index (κ3) is 4.57. The van der Waals surface area contributed by atoms with Crippen LogP contribution in [0.25, 0.3) is 6.08 Å². The van der Waals surface area contributed by atoms with Crippen LogP contribution in [0.1, 0.15) is 24.0 Å². The Labute approximate surface area is 188 Å². The Morgan fingerprint density at radius 3 is 2.38 bits per heavy atom. The molecular formula is C27H27FN4. The van der Waals surface area contributed by atoms with Crippen molar-refractivity contribution in [1.82, 2.24) is 4.98 Å². The smallest absolute Gasteiger partial charge is 0.123 e. The van der Waals surface area contributed by atoms with Crippen molar-refractivity contribution in [2.75, 3.05) is 42.5 Å². The van der Waals surface area contributed by atoms with Crippen molar-refractivity contribution >= 4 is 23.2 Å². The fourth-order valence-electron chi connectivity index (χ4n) is 4.49. The van der Waals surface area contributed by atoms with Gasteiger partial charge in [0, 0.05) is 62.1 Å². The van der Waals surface area contributed by atoms with Gasteiger partial charge in [-0.2, -0.15) is 0 Å². The lowest BCUT2D eigenvalue weighted by atomic mass is 9.95. The van der Waals surface area contributed by atoms with Crippen molar-refractivity contribution in [2.24, 2.45) is 4.99 Å². The Morgan fingerprint density at radius 1 is 0.844 bits per heavy atom. The van der Waals surface area contributed by atoms with Gasteiger partial charge in [-0.1, -0.05) is 12.1 Å². The molecular weight excluding hydrogens is 399 g/mol. The highest BCUT2D eigenvalue weighted by Crippen LogP contribution is 2.25. The Balaban J connectivity index is 1.31. The number of halogens is 1. The first-order valence-corrected chi connectivity index (χ1v) is 11.3. The fraction of sp³-hybridized carbons (Fsp3) is 0.259. The Morgan fingerprint density at radius 2 is 1.62 bits per heavy atom. The van der Waals surface area contributed by atoms with Gasteiger partial charge in [-0.25, -0.2) is 4.39 Å². The van der Waals surface area contributed by atoms with E-state index in [-0.39, 0.29) is 5.82 Å². The van der Waals surface area contributed by atoms with Gasteiger partial charge in [0.1, 0.15) is 5.82 Å². The minimum Gasteiger partial charge on any atom is -0.368 e. The number of rotatable bonds is 4. The normalized spacial score (nSPS) is 18.0. The number of piperazine rings is 1. The third-order valence-corrected chi connectivity index (χ3v) is 6.16. The van der Waals surface area contributed by atoms with Gasteiger partial charge in [-0.3, -0.25) is 9.98 Å². The Bertz CT molecular complexity index is 1110. The van der Waals surface area contributed by atoms with E-state index in [1.807, 2.05) is 24.4 Å². The molecule has 3 aromatic rings. The molecule has 2 aliphatic heterocycles. The summed E-state index contributed by atoms with van der Waals surface area (Å²) in [6, 6.07) is 19.6. The van der Waals surface area contributed by atoms with Crippen molar-refractivity contribution in [3.8, 4) is 0 Å². The minimum atomic E-state index is -0.187. The summed E-state index contributed by atoms with van der Waals surface area (Å²) in [4.78, 5) is 13.8. The summed E-state index contributed by atoms with van der Waals surface area (Å²) in [5.74, 6) is -0.187. The van der Waals surface area contributed by atoms with Gasteiger partial charge in [0.2, 0.25) is 0 Å². The molecule has 0 unspecified atom stereocenters. The number of nitrogens with zero attached hydrogens (tertiary/aromatic N) is 4. The zero-order valence-electron chi connectivity index (χ0n) is 18.1. The van der Waals surface area contributed by atoms with E-state index < -0.39 is 0 Å². The predicted molar refractivity (Wildman–Crippen MR) is 130 cm³/mol. The molecule has 2 aliphatic rings. The second kappa shape index (κ2) is 9.35. The molecule has 4 nitrogen and oxygen atoms in total. The van der Waals surface area contributed by atoms with Gasteiger partial charge in [-0.15, -0.1) is 0 Å². The summed E-state index contributed by atoms with van der Waals surface area (Å²) in [7, 11) is 0. The fourth-order valence-corrected chi connectivity index (χ4v) is 4.49. The van der Waals surface area contributed by atoms with Crippen molar-refractivity contribution in [2.45, 2.75) is 12.8 Å². The first-order chi connectivity index (χ1) is 15.8. The molecule has 0 atom stereocenters. The van der Waals surface area contributed by atoms with E-state index >= 15 is 0 Å². The molecule has 162 valence electrons. The number of benzene rings is 2. The lowest BCUT2D eigenvalue weighted by Crippen LogP contribution is -2.46. The standard InChI is InChI=1S/C27H27FN4/c28-24-8-10-25(11-9-24)31-14-16-32(17-15-31)26-7-1-4-21(19-26)18-22-5-3-13-30-27(22)23-6-2-12-29-20-23/h1-2,4,6-12,18-20H,3,5,13-17H2/b22-18+. The molecule has 1 aromatic heterocycles. The third-order valence-electron chi connectivity index (χ3n) is 6.16. The Hall–Kier alpha value is -3.47. The number of hydrogen-bond acceptors (Lipinski definition) is 4. The first kappa shape index (κ1) is 20.4. The molecule has 5 rings (SSSR count). The molecule has 0 spiro atoms. The van der Waals surface area contributed by atoms with Crippen LogP contribution in [0.4, 0.5) is 15.8 Å². The maximum absolute atomic E-state index is 13.2. The van der Waals surface area contributed by atoms with Crippen molar-refractivity contribution < 1.29 is 4.39 Å². The second-order valence-corrected chi connectivity index (χ2v) is 8.29. The van der Waals surface area contributed by atoms with E-state index in [0.29, 0.717) is 0 Å². The van der Waals surface area contributed by atoms with Gasteiger partial charge in [0.05, 0.1) is 5.71 Å². The van der Waals surface area contributed by atoms with Gasteiger partial charge in [0.15, 0.2) is 0 Å². The molecule has 0 bridgehead atoms. The van der Waals surface area contributed by atoms with Crippen LogP contribution in [0, 0.1) is 5.82 Å². The summed E-state index contributed by atoms with van der Waals surface area (Å²) in [5, 5.41) is 0. The highest BCUT2D eigenvalue weighted by atomic mass is 19.1. The average molecular weight is 427 g/mol. The van der Waals surface area contributed by atoms with Crippen LogP contribution in [-0.2, 0) is 0 Å². The minimum absolute atomic E-state index is 0.187. The molecule has 1 fully saturated rings. The van der Waals surface area contributed by atoms with Crippen LogP contribution in [-0.4, -0.2) is 43.4 Å². The molecule has 0 amide bonds. The van der Waals surface area contributed by atoms with Gasteiger partial charge >= 0.3 is 0 Å². The van der Waals surface area contributed by atoms with Crippen LogP contribution in [0.15, 0.2) is 83.6 Å². The lowest BCUT2D eigenvalue weighted by molar-refractivity contribution is 0.625. The zero-order chi connectivity index (χ0) is 21.8. The maximum atomic E-state index is 13.2. The maximum Gasteiger partial charge on any atom is 0.123 e. The molecule has 32 heavy (non-hydrogen) atoms. The molecule has 1 saturated heterocycles. The summed E-state index contributed by atoms with van der Waals surface area (Å²) >= 11 is 0. The average Bonchev–Trinajstić information content (AvgIpc) is 2.86. The number of allylic oxidation sites excluding steroid dienone is 1. The number of aliphatic imine (C=N–C) groups is 1. The van der Waals surface area contributed by atoms with Crippen molar-refractivity contribution in [3.05, 3.63) is 95.6 Å². The van der Waals surface area contributed by atoms with Crippen molar-refractivity contribution in [3.63, 3.8) is 0 Å². The molecule has 0 aliphatic carbocycles. The Kier molecular flexibility index (Phi) is 5.97. The van der Waals surface area contributed by atoms with E-state index in [2.05, 4.69) is 51.2 Å². The van der Waals surface area contributed by atoms with Crippen LogP contribution in [0.3, 0.4) is 0 Å². The summed E-state index contributed by atoms with van der Waals surface area (Å²) in [5.41, 5.74) is 6.98. The highest BCUT2D eigenvalue weighted by molar-refractivity contribution is 6.15. The molecule has 5 heteroatoms. The number of anilines is 2. The highest BCUT2D eigenvalue weighted by Gasteiger charge is 2.18. The van der Waals surface area contributed by atoms with Gasteiger partial charge < -0.3 is 9.80 Å². The second-order valence-electron chi connectivity index (χ2n) is 8.29. The summed E-state index contributed by atoms with van der Waals surface area (Å²) in [6.07, 6.45) is 8.10. The molecule has 2 aromatic carbocycles. The quantitative estimate of drug-likeness (QED) is 0.574. The molecule has 0 saturated carbocycles. The van der Waals surface area contributed by atoms with Crippen LogP contribution >= 0.6 is 0 Å². The van der Waals surface area contributed by atoms with Crippen LogP contribution in [0.5, 0.6) is 0 Å². The monoisotopic (exact) mass is 426 g/mol. The lowest BCUT2D eigenvalue weighted by Gasteiger charge is -2.37. The summed E-state index contributed by atoms with van der Waals surface area (Å²) < 4.78 is 13.2. The molecule has 0 radical (unpaired) electrons. The predicted octanol–water partition coefficient (Wildman–Crippen LogP) is 5.21.